The van der Waals surface area contributed by atoms with E-state index in [2.05, 4.69) is 16.0 Å². The fourth-order valence-electron chi connectivity index (χ4n) is 3.92. The highest BCUT2D eigenvalue weighted by atomic mass is 16.4. The van der Waals surface area contributed by atoms with Gasteiger partial charge in [0.25, 0.3) is 0 Å². The Balaban J connectivity index is 2.23. The highest BCUT2D eigenvalue weighted by molar-refractivity contribution is 5.94. The van der Waals surface area contributed by atoms with Crippen LogP contribution in [0.1, 0.15) is 36.8 Å². The third kappa shape index (κ3) is 11.6. The molecule has 2 aromatic carbocycles. The molecule has 0 saturated heterocycles. The summed E-state index contributed by atoms with van der Waals surface area (Å²) in [4.78, 5) is 73.4. The monoisotopic (exact) mass is 585 g/mol. The molecular formula is C28H35N5O9. The van der Waals surface area contributed by atoms with Crippen LogP contribution in [0.25, 0.3) is 0 Å². The van der Waals surface area contributed by atoms with E-state index >= 15 is 0 Å². The number of aliphatic carboxylic acids is 2. The minimum absolute atomic E-state index is 0.0210. The summed E-state index contributed by atoms with van der Waals surface area (Å²) in [5.41, 5.74) is 12.2. The van der Waals surface area contributed by atoms with Crippen molar-refractivity contribution in [2.24, 2.45) is 11.5 Å². The van der Waals surface area contributed by atoms with Crippen molar-refractivity contribution < 1.29 is 44.1 Å². The van der Waals surface area contributed by atoms with Crippen molar-refractivity contribution >= 4 is 35.6 Å². The van der Waals surface area contributed by atoms with Gasteiger partial charge in [-0.15, -0.1) is 0 Å². The fourth-order valence-corrected chi connectivity index (χ4v) is 3.92. The van der Waals surface area contributed by atoms with Crippen molar-refractivity contribution in [2.75, 3.05) is 0 Å². The average Bonchev–Trinajstić information content (AvgIpc) is 2.94. The fraction of sp³-hybridized carbons (Fsp3) is 0.357. The summed E-state index contributed by atoms with van der Waals surface area (Å²) in [5, 5.41) is 35.3. The maximum absolute atomic E-state index is 13.4. The first kappa shape index (κ1) is 33.2. The second-order valence-electron chi connectivity index (χ2n) is 9.63. The van der Waals surface area contributed by atoms with Crippen molar-refractivity contribution in [3.63, 3.8) is 0 Å². The number of carbonyl (C=O) groups excluding carboxylic acids is 4. The molecule has 10 N–H and O–H groups in total. The summed E-state index contributed by atoms with van der Waals surface area (Å²) >= 11 is 0. The SMILES string of the molecule is NC(=O)CCC(NC(=O)C(Cc1ccccc1)NC(=O)C(N)CCC(=O)O)C(=O)NC(Cc1ccc(O)cc1)C(=O)O. The molecule has 42 heavy (non-hydrogen) atoms. The molecule has 0 aliphatic heterocycles. The van der Waals surface area contributed by atoms with Gasteiger partial charge in [-0.3, -0.25) is 24.0 Å². The lowest BCUT2D eigenvalue weighted by Gasteiger charge is -2.25. The lowest BCUT2D eigenvalue weighted by Crippen LogP contribution is -2.58. The molecule has 4 amide bonds. The van der Waals surface area contributed by atoms with E-state index in [9.17, 15) is 39.0 Å². The van der Waals surface area contributed by atoms with Crippen molar-refractivity contribution in [1.82, 2.24) is 16.0 Å². The van der Waals surface area contributed by atoms with Crippen LogP contribution in [0.2, 0.25) is 0 Å². The van der Waals surface area contributed by atoms with E-state index in [1.54, 1.807) is 30.3 Å². The third-order valence-corrected chi connectivity index (χ3v) is 6.22. The lowest BCUT2D eigenvalue weighted by atomic mass is 10.0. The van der Waals surface area contributed by atoms with E-state index in [4.69, 9.17) is 16.6 Å². The zero-order valence-electron chi connectivity index (χ0n) is 22.7. The van der Waals surface area contributed by atoms with Crippen LogP contribution >= 0.6 is 0 Å². The Morgan fingerprint density at radius 2 is 1.19 bits per heavy atom. The first-order valence-electron chi connectivity index (χ1n) is 13.1. The molecule has 0 heterocycles. The summed E-state index contributed by atoms with van der Waals surface area (Å²) in [6, 6.07) is 8.99. The highest BCUT2D eigenvalue weighted by Gasteiger charge is 2.31. The molecule has 0 radical (unpaired) electrons. The number of primary amides is 1. The van der Waals surface area contributed by atoms with Crippen molar-refractivity contribution in [1.29, 1.82) is 0 Å². The van der Waals surface area contributed by atoms with E-state index in [0.29, 0.717) is 11.1 Å². The van der Waals surface area contributed by atoms with Gasteiger partial charge in [-0.1, -0.05) is 42.5 Å². The molecule has 0 fully saturated rings. The van der Waals surface area contributed by atoms with Gasteiger partial charge in [-0.2, -0.15) is 0 Å². The maximum Gasteiger partial charge on any atom is 0.326 e. The Hall–Kier alpha value is -4.98. The molecule has 0 saturated carbocycles. The number of carboxylic acid groups (broad SMARTS) is 2. The molecule has 14 nitrogen and oxygen atoms in total. The Kier molecular flexibility index (Phi) is 12.9. The third-order valence-electron chi connectivity index (χ3n) is 6.22. The first-order chi connectivity index (χ1) is 19.8. The molecule has 0 spiro atoms. The van der Waals surface area contributed by atoms with Crippen LogP contribution in [0.4, 0.5) is 0 Å². The first-order valence-corrected chi connectivity index (χ1v) is 13.1. The number of phenols is 1. The summed E-state index contributed by atoms with van der Waals surface area (Å²) in [6.07, 6.45) is -1.28. The van der Waals surface area contributed by atoms with Gasteiger partial charge in [0, 0.05) is 25.7 Å². The lowest BCUT2D eigenvalue weighted by molar-refractivity contribution is -0.142. The van der Waals surface area contributed by atoms with Crippen LogP contribution in [0.5, 0.6) is 5.75 Å². The Morgan fingerprint density at radius 1 is 0.667 bits per heavy atom. The molecule has 2 rings (SSSR count). The summed E-state index contributed by atoms with van der Waals surface area (Å²) in [7, 11) is 0. The molecule has 0 aliphatic rings. The van der Waals surface area contributed by atoms with Crippen LogP contribution in [0.3, 0.4) is 0 Å². The maximum atomic E-state index is 13.4. The van der Waals surface area contributed by atoms with E-state index < -0.39 is 59.7 Å². The van der Waals surface area contributed by atoms with Crippen LogP contribution in [0.15, 0.2) is 54.6 Å². The second-order valence-corrected chi connectivity index (χ2v) is 9.63. The van der Waals surface area contributed by atoms with Crippen molar-refractivity contribution in [3.8, 4) is 5.75 Å². The summed E-state index contributed by atoms with van der Waals surface area (Å²) in [5.74, 6) is -5.81. The zero-order valence-corrected chi connectivity index (χ0v) is 22.7. The topological polar surface area (TPSA) is 251 Å². The predicted octanol–water partition coefficient (Wildman–Crippen LogP) is -0.826. The number of nitrogens with one attached hydrogen (secondary N) is 3. The number of phenolic OH excluding ortho intramolecular Hbond substituents is 1. The number of hydrogen-bond acceptors (Lipinski definition) is 8. The van der Waals surface area contributed by atoms with Crippen molar-refractivity contribution in [3.05, 3.63) is 65.7 Å². The zero-order chi connectivity index (χ0) is 31.2. The number of amides is 4. The van der Waals surface area contributed by atoms with E-state index in [1.807, 2.05) is 0 Å². The van der Waals surface area contributed by atoms with Gasteiger partial charge in [0.2, 0.25) is 23.6 Å². The predicted molar refractivity (Wildman–Crippen MR) is 149 cm³/mol. The van der Waals surface area contributed by atoms with Gasteiger partial charge < -0.3 is 42.7 Å². The summed E-state index contributed by atoms with van der Waals surface area (Å²) in [6.45, 7) is 0. The minimum Gasteiger partial charge on any atom is -0.508 e. The number of hydrogen-bond donors (Lipinski definition) is 8. The number of nitrogens with two attached hydrogens (primary N) is 2. The summed E-state index contributed by atoms with van der Waals surface area (Å²) < 4.78 is 0. The van der Waals surface area contributed by atoms with E-state index in [0.717, 1.165) is 0 Å². The average molecular weight is 586 g/mol. The quantitative estimate of drug-likeness (QED) is 0.114. The van der Waals surface area contributed by atoms with Crippen LogP contribution in [-0.4, -0.2) is 75.1 Å². The van der Waals surface area contributed by atoms with Gasteiger partial charge in [0.1, 0.15) is 23.9 Å². The van der Waals surface area contributed by atoms with Gasteiger partial charge in [-0.25, -0.2) is 4.79 Å². The number of carbonyl (C=O) groups is 6. The normalized spacial score (nSPS) is 13.5. The van der Waals surface area contributed by atoms with Crippen LogP contribution in [-0.2, 0) is 41.6 Å². The van der Waals surface area contributed by atoms with Crippen LogP contribution in [0, 0.1) is 0 Å². The molecule has 14 heteroatoms. The Morgan fingerprint density at radius 3 is 1.76 bits per heavy atom. The Labute approximate surface area is 241 Å². The molecule has 0 bridgehead atoms. The molecule has 4 atom stereocenters. The second kappa shape index (κ2) is 16.3. The van der Waals surface area contributed by atoms with Crippen LogP contribution < -0.4 is 27.4 Å². The molecule has 2 aromatic rings. The van der Waals surface area contributed by atoms with Crippen molar-refractivity contribution in [2.45, 2.75) is 62.7 Å². The van der Waals surface area contributed by atoms with E-state index in [-0.39, 0.29) is 44.3 Å². The standard InChI is InChI=1S/C28H35N5O9/c29-19(10-13-24(36)37)25(38)32-21(14-16-4-2-1-3-5-16)27(40)31-20(11-12-23(30)35)26(39)33-22(28(41)42)15-17-6-8-18(34)9-7-17/h1-9,19-22,34H,10-15,29H2,(H2,30,35)(H,31,40)(H,32,38)(H,33,39)(H,36,37)(H,41,42). The molecule has 4 unspecified atom stereocenters. The van der Waals surface area contributed by atoms with Gasteiger partial charge in [0.15, 0.2) is 0 Å². The molecule has 0 aliphatic carbocycles. The van der Waals surface area contributed by atoms with Gasteiger partial charge in [0.05, 0.1) is 6.04 Å². The minimum atomic E-state index is -1.41. The number of benzene rings is 2. The molecule has 0 aromatic heterocycles. The largest absolute Gasteiger partial charge is 0.508 e. The number of aromatic hydroxyl groups is 1. The molecular weight excluding hydrogens is 550 g/mol. The Bertz CT molecular complexity index is 1250. The highest BCUT2D eigenvalue weighted by Crippen LogP contribution is 2.12. The smallest absolute Gasteiger partial charge is 0.326 e. The van der Waals surface area contributed by atoms with Gasteiger partial charge in [-0.05, 0) is 36.1 Å². The molecule has 226 valence electrons. The number of rotatable bonds is 17. The number of carboxylic acids is 2. The van der Waals surface area contributed by atoms with E-state index in [1.165, 1.54) is 24.3 Å². The van der Waals surface area contributed by atoms with Gasteiger partial charge >= 0.3 is 11.9 Å².